The summed E-state index contributed by atoms with van der Waals surface area (Å²) >= 11 is 6.36. The Hall–Kier alpha value is -2.65. The zero-order valence-electron chi connectivity index (χ0n) is 21.0. The molecule has 2 aromatic carbocycles. The van der Waals surface area contributed by atoms with Gasteiger partial charge in [0.15, 0.2) is 0 Å². The Labute approximate surface area is 218 Å². The first-order valence-corrected chi connectivity index (χ1v) is 12.8. The molecule has 3 rings (SSSR count). The number of nitrogens with one attached hydrogen (secondary N) is 2. The maximum Gasteiger partial charge on any atom is 0.240 e. The molecule has 0 saturated carbocycles. The summed E-state index contributed by atoms with van der Waals surface area (Å²) in [5, 5.41) is 17.7. The van der Waals surface area contributed by atoms with Crippen molar-refractivity contribution in [1.82, 2.24) is 10.7 Å². The summed E-state index contributed by atoms with van der Waals surface area (Å²) in [6.45, 7) is 6.56. The monoisotopic (exact) mass is 517 g/mol. The quantitative estimate of drug-likeness (QED) is 0.311. The van der Waals surface area contributed by atoms with E-state index in [0.717, 1.165) is 35.4 Å². The van der Waals surface area contributed by atoms with E-state index in [-0.39, 0.29) is 12.5 Å². The van der Waals surface area contributed by atoms with Gasteiger partial charge in [0.1, 0.15) is 24.2 Å². The van der Waals surface area contributed by atoms with Crippen LogP contribution in [0, 0.1) is 0 Å². The van der Waals surface area contributed by atoms with Crippen molar-refractivity contribution < 1.29 is 24.1 Å². The summed E-state index contributed by atoms with van der Waals surface area (Å²) in [6.07, 6.45) is 2.04. The smallest absolute Gasteiger partial charge is 0.240 e. The minimum Gasteiger partial charge on any atom is -0.492 e. The van der Waals surface area contributed by atoms with E-state index in [4.69, 9.17) is 25.8 Å². The molecule has 1 aliphatic heterocycles. The molecule has 1 heterocycles. The first-order valence-electron chi connectivity index (χ1n) is 12.4. The van der Waals surface area contributed by atoms with E-state index in [9.17, 15) is 9.90 Å². The zero-order valence-corrected chi connectivity index (χ0v) is 21.7. The molecular weight excluding hydrogens is 482 g/mol. The van der Waals surface area contributed by atoms with E-state index < -0.39 is 6.10 Å². The third kappa shape index (κ3) is 9.78. The molecule has 3 N–H and O–H groups in total. The first kappa shape index (κ1) is 27.9. The molecule has 1 atom stereocenters. The molecule has 0 aliphatic carbocycles. The van der Waals surface area contributed by atoms with Crippen LogP contribution in [0.1, 0.15) is 44.2 Å². The van der Waals surface area contributed by atoms with Gasteiger partial charge in [-0.25, -0.2) is 5.43 Å². The van der Waals surface area contributed by atoms with Crippen LogP contribution in [0.3, 0.4) is 0 Å². The Morgan fingerprint density at radius 1 is 1.08 bits per heavy atom. The van der Waals surface area contributed by atoms with Gasteiger partial charge >= 0.3 is 0 Å². The van der Waals surface area contributed by atoms with E-state index >= 15 is 0 Å². The minimum atomic E-state index is -0.540. The highest BCUT2D eigenvalue weighted by Gasteiger charge is 2.14. The van der Waals surface area contributed by atoms with Crippen molar-refractivity contribution in [3.63, 3.8) is 0 Å². The number of hydrazone groups is 1. The second-order valence-electron chi connectivity index (χ2n) is 8.97. The highest BCUT2D eigenvalue weighted by Crippen LogP contribution is 2.27. The minimum absolute atomic E-state index is 0.0718. The number of hydrogen-bond donors (Lipinski definition) is 3. The highest BCUT2D eigenvalue weighted by molar-refractivity contribution is 6.32. The van der Waals surface area contributed by atoms with Crippen molar-refractivity contribution in [2.45, 2.75) is 51.7 Å². The number of aliphatic hydroxyl groups is 1. The van der Waals surface area contributed by atoms with Crippen molar-refractivity contribution in [2.75, 3.05) is 33.0 Å². The van der Waals surface area contributed by atoms with Gasteiger partial charge in [0.25, 0.3) is 0 Å². The van der Waals surface area contributed by atoms with Gasteiger partial charge in [-0.2, -0.15) is 5.10 Å². The molecule has 0 saturated heterocycles. The van der Waals surface area contributed by atoms with E-state index in [0.29, 0.717) is 56.0 Å². The third-order valence-corrected chi connectivity index (χ3v) is 5.82. The van der Waals surface area contributed by atoms with Gasteiger partial charge in [0.05, 0.1) is 23.9 Å². The molecule has 0 fully saturated rings. The predicted molar refractivity (Wildman–Crippen MR) is 141 cm³/mol. The normalized spacial score (nSPS) is 14.4. The van der Waals surface area contributed by atoms with Crippen LogP contribution in [0.2, 0.25) is 5.02 Å². The number of aliphatic hydroxyl groups excluding tert-OH is 1. The number of carbonyl (C=O) groups excluding carboxylic acids is 1. The molecule has 2 aromatic rings. The van der Waals surface area contributed by atoms with Crippen LogP contribution in [0.15, 0.2) is 47.6 Å². The Morgan fingerprint density at radius 2 is 1.89 bits per heavy atom. The number of ether oxygens (including phenoxy) is 3. The van der Waals surface area contributed by atoms with Crippen LogP contribution in [0.25, 0.3) is 0 Å². The largest absolute Gasteiger partial charge is 0.492 e. The van der Waals surface area contributed by atoms with Gasteiger partial charge in [-0.3, -0.25) is 4.79 Å². The first-order chi connectivity index (χ1) is 17.4. The van der Waals surface area contributed by atoms with Gasteiger partial charge in [-0.15, -0.1) is 0 Å². The van der Waals surface area contributed by atoms with Crippen LogP contribution < -0.4 is 20.2 Å². The van der Waals surface area contributed by atoms with Crippen molar-refractivity contribution in [2.24, 2.45) is 5.10 Å². The highest BCUT2D eigenvalue weighted by atomic mass is 35.5. The summed E-state index contributed by atoms with van der Waals surface area (Å²) in [6, 6.07) is 13.7. The lowest BCUT2D eigenvalue weighted by molar-refractivity contribution is -0.121. The summed E-state index contributed by atoms with van der Waals surface area (Å²) in [7, 11) is 0. The van der Waals surface area contributed by atoms with Crippen LogP contribution in [0.4, 0.5) is 0 Å². The van der Waals surface area contributed by atoms with Crippen LogP contribution in [-0.2, 0) is 16.0 Å². The molecule has 9 heteroatoms. The average Bonchev–Trinajstić information content (AvgIpc) is 2.87. The summed E-state index contributed by atoms with van der Waals surface area (Å²) < 4.78 is 17.2. The lowest BCUT2D eigenvalue weighted by Crippen LogP contribution is -2.35. The predicted octanol–water partition coefficient (Wildman–Crippen LogP) is 3.72. The summed E-state index contributed by atoms with van der Waals surface area (Å²) in [5.41, 5.74) is 5.35. The molecule has 0 unspecified atom stereocenters. The summed E-state index contributed by atoms with van der Waals surface area (Å²) in [5.74, 6) is 1.29. The fourth-order valence-electron chi connectivity index (χ4n) is 3.49. The lowest BCUT2D eigenvalue weighted by Gasteiger charge is -2.15. The molecule has 36 heavy (non-hydrogen) atoms. The van der Waals surface area contributed by atoms with Crippen LogP contribution in [-0.4, -0.2) is 61.8 Å². The molecule has 0 radical (unpaired) electrons. The number of hydrogen-bond acceptors (Lipinski definition) is 7. The summed E-state index contributed by atoms with van der Waals surface area (Å²) in [4.78, 5) is 11.2. The second-order valence-corrected chi connectivity index (χ2v) is 9.38. The maximum absolute atomic E-state index is 11.2. The van der Waals surface area contributed by atoms with E-state index in [1.807, 2.05) is 56.3 Å². The second kappa shape index (κ2) is 14.8. The molecule has 196 valence electrons. The van der Waals surface area contributed by atoms with Crippen molar-refractivity contribution in [1.29, 1.82) is 0 Å². The Kier molecular flexibility index (Phi) is 11.5. The Bertz CT molecular complexity index is 997. The topological polar surface area (TPSA) is 101 Å². The SMILES string of the molecule is CC(C)NC[C@@H](O)COc1ccc(CCOCCCOc2ccc(C3=NNC(=O)CC3)cc2Cl)cc1. The van der Waals surface area contributed by atoms with Crippen LogP contribution >= 0.6 is 11.6 Å². The number of amides is 1. The van der Waals surface area contributed by atoms with Crippen molar-refractivity contribution >= 4 is 23.2 Å². The van der Waals surface area contributed by atoms with Crippen LogP contribution in [0.5, 0.6) is 11.5 Å². The third-order valence-electron chi connectivity index (χ3n) is 5.52. The average molecular weight is 518 g/mol. The molecule has 0 aromatic heterocycles. The Morgan fingerprint density at radius 3 is 2.58 bits per heavy atom. The van der Waals surface area contributed by atoms with Gasteiger partial charge < -0.3 is 24.6 Å². The molecule has 0 bridgehead atoms. The zero-order chi connectivity index (χ0) is 25.8. The fourth-order valence-corrected chi connectivity index (χ4v) is 3.73. The van der Waals surface area contributed by atoms with Gasteiger partial charge in [-0.1, -0.05) is 37.6 Å². The lowest BCUT2D eigenvalue weighted by atomic mass is 10.0. The molecular formula is C27H36ClN3O5. The molecule has 8 nitrogen and oxygen atoms in total. The number of halogens is 1. The van der Waals surface area contributed by atoms with Crippen molar-refractivity contribution in [3.05, 3.63) is 58.6 Å². The molecule has 0 spiro atoms. The fraction of sp³-hybridized carbons (Fsp3) is 0.481. The number of rotatable bonds is 15. The van der Waals surface area contributed by atoms with Gasteiger partial charge in [0.2, 0.25) is 5.91 Å². The van der Waals surface area contributed by atoms with Gasteiger partial charge in [0, 0.05) is 38.5 Å². The van der Waals surface area contributed by atoms with E-state index in [2.05, 4.69) is 15.8 Å². The number of carbonyl (C=O) groups is 1. The number of benzene rings is 2. The van der Waals surface area contributed by atoms with Crippen molar-refractivity contribution in [3.8, 4) is 11.5 Å². The molecule has 1 aliphatic rings. The van der Waals surface area contributed by atoms with Gasteiger partial charge in [-0.05, 0) is 47.9 Å². The number of nitrogens with zero attached hydrogens (tertiary/aromatic N) is 1. The maximum atomic E-state index is 11.2. The standard InChI is InChI=1S/C27H36ClN3O5/c1-19(2)29-17-22(32)18-36-23-7-4-20(5-8-23)12-15-34-13-3-14-35-26-10-6-21(16-24(26)28)25-9-11-27(33)31-30-25/h4-8,10,16,19,22,29,32H,3,9,11-15,17-18H2,1-2H3,(H,31,33)/t22-/m1/s1. The molecule has 1 amide bonds. The van der Waals surface area contributed by atoms with E-state index in [1.54, 1.807) is 0 Å². The van der Waals surface area contributed by atoms with E-state index in [1.165, 1.54) is 0 Å². The Balaban J connectivity index is 1.27.